The Labute approximate surface area is 454 Å². The minimum Gasteiger partial charge on any atom is -0.429 e. The van der Waals surface area contributed by atoms with Crippen LogP contribution >= 0.6 is 0 Å². The van der Waals surface area contributed by atoms with E-state index in [1.807, 2.05) is 63.2 Å². The molecule has 4 N–H and O–H groups in total. The molecule has 0 unspecified atom stereocenters. The number of carbonyl (C=O) groups is 5. The smallest absolute Gasteiger partial charge is 0.429 e. The summed E-state index contributed by atoms with van der Waals surface area (Å²) >= 11 is 0. The van der Waals surface area contributed by atoms with Crippen LogP contribution in [-0.2, 0) is 41.7 Å². The van der Waals surface area contributed by atoms with E-state index in [1.165, 1.54) is 57.8 Å². The molecule has 12 heteroatoms. The zero-order chi connectivity index (χ0) is 54.4. The number of carbonyl (C=O) groups excluding carboxylic acids is 5. The summed E-state index contributed by atoms with van der Waals surface area (Å²) in [5.41, 5.74) is 5.45. The summed E-state index contributed by atoms with van der Waals surface area (Å²) < 4.78 is 17.0. The summed E-state index contributed by atoms with van der Waals surface area (Å²) in [6.45, 7) is 19.4. The highest BCUT2D eigenvalue weighted by atomic mass is 16.7. The van der Waals surface area contributed by atoms with Gasteiger partial charge in [0.05, 0.1) is 6.10 Å². The third kappa shape index (κ3) is 15.8. The van der Waals surface area contributed by atoms with Gasteiger partial charge in [0.2, 0.25) is 23.6 Å². The van der Waals surface area contributed by atoms with Gasteiger partial charge in [0.25, 0.3) is 0 Å². The summed E-state index contributed by atoms with van der Waals surface area (Å²) in [5, 5.41) is 11.6. The van der Waals surface area contributed by atoms with Crippen molar-refractivity contribution in [2.24, 2.45) is 52.3 Å². The van der Waals surface area contributed by atoms with Crippen molar-refractivity contribution in [1.29, 1.82) is 0 Å². The van der Waals surface area contributed by atoms with Crippen LogP contribution in [0.25, 0.3) is 0 Å². The van der Waals surface area contributed by atoms with Gasteiger partial charge in [-0.15, -0.1) is 0 Å². The number of ether oxygens (including phenoxy) is 3. The summed E-state index contributed by atoms with van der Waals surface area (Å²) in [5.74, 6) is 3.80. The fraction of sp³-hybridized carbons (Fsp3) is 0.609. The Morgan fingerprint density at radius 2 is 1.45 bits per heavy atom. The van der Waals surface area contributed by atoms with E-state index in [4.69, 9.17) is 14.2 Å². The highest BCUT2D eigenvalue weighted by molar-refractivity contribution is 5.98. The van der Waals surface area contributed by atoms with Gasteiger partial charge in [0.1, 0.15) is 24.4 Å². The predicted octanol–water partition coefficient (Wildman–Crippen LogP) is 12.6. The summed E-state index contributed by atoms with van der Waals surface area (Å²) in [6, 6.07) is 21.3. The Kier molecular flexibility index (Phi) is 20.8. The zero-order valence-electron chi connectivity index (χ0n) is 47.1. The van der Waals surface area contributed by atoms with Gasteiger partial charge in [-0.1, -0.05) is 140 Å². The van der Waals surface area contributed by atoms with Crippen LogP contribution in [0.2, 0.25) is 0 Å². The molecule has 0 heterocycles. The van der Waals surface area contributed by atoms with Crippen molar-refractivity contribution in [2.75, 3.05) is 18.5 Å². The SMILES string of the molecule is Cc1ccc(OC(=O)OCc2ccc(NC(=O)[C@H](Cc3ccccc3)NC(=O)[C@H](CC(C)C)NC(=O)CCC(=O)NCCCO[C@H]3CC[C@@]4(C)C(=CC[C@H]5[C@@H]6CC[C@H]([C@H](C)CCCC(C)C)[C@@]6(C)CC[C@@H]54)C3)cc2)cc1. The quantitative estimate of drug-likeness (QED) is 0.0282. The topological polar surface area (TPSA) is 161 Å². The molecule has 0 aromatic heterocycles. The van der Waals surface area contributed by atoms with E-state index >= 15 is 0 Å². The number of rotatable bonds is 25. The second-order valence-electron chi connectivity index (χ2n) is 24.4. The largest absolute Gasteiger partial charge is 0.514 e. The molecule has 4 aliphatic carbocycles. The Morgan fingerprint density at radius 1 is 0.711 bits per heavy atom. The number of allylic oxidation sites excluding steroid dienone is 1. The maximum Gasteiger partial charge on any atom is 0.514 e. The van der Waals surface area contributed by atoms with E-state index in [0.29, 0.717) is 48.4 Å². The van der Waals surface area contributed by atoms with Crippen LogP contribution in [0.3, 0.4) is 0 Å². The number of hydrogen-bond donors (Lipinski definition) is 4. The molecule has 10 atom stereocenters. The van der Waals surface area contributed by atoms with Crippen LogP contribution in [0.1, 0.15) is 161 Å². The van der Waals surface area contributed by atoms with E-state index < -0.39 is 36.0 Å². The average molecular weight is 1040 g/mol. The number of aryl methyl sites for hydroxylation is 1. The molecule has 0 aliphatic heterocycles. The standard InChI is InChI=1S/C64H90N4O8/c1-42(2)14-12-15-45(6)53-28-29-54-52-27-22-48-40-51(32-34-63(48,7)55(52)33-35-64(53,54)8)74-37-13-36-65-58(69)30-31-59(70)67-56(38-43(3)4)61(72)68-57(39-46-16-10-9-11-17-46)60(71)66-49-23-20-47(21-24-49)41-75-62(73)76-50-25-18-44(5)19-26-50/h9-11,16-26,42-43,45,51-57H,12-15,27-41H2,1-8H3,(H,65,69)(H,66,71)(H,67,70)(H,68,72)/t45-,51+,52+,53-,54+,55+,56+,57+,63+,64-/m1/s1. The minimum absolute atomic E-state index is 0.0142. The molecule has 4 amide bonds. The number of benzene rings is 3. The summed E-state index contributed by atoms with van der Waals surface area (Å²) in [4.78, 5) is 66.2. The third-order valence-electron chi connectivity index (χ3n) is 17.9. The molecule has 4 aliphatic rings. The molecule has 12 nitrogen and oxygen atoms in total. The van der Waals surface area contributed by atoms with Gasteiger partial charge in [-0.05, 0) is 159 Å². The number of anilines is 1. The van der Waals surface area contributed by atoms with E-state index in [1.54, 1.807) is 42.0 Å². The molecule has 3 fully saturated rings. The molecule has 76 heavy (non-hydrogen) atoms. The van der Waals surface area contributed by atoms with Crippen molar-refractivity contribution < 1.29 is 38.2 Å². The van der Waals surface area contributed by atoms with Crippen LogP contribution in [0, 0.1) is 59.2 Å². The van der Waals surface area contributed by atoms with Gasteiger partial charge in [0.15, 0.2) is 0 Å². The Hall–Kier alpha value is -5.49. The first-order chi connectivity index (χ1) is 36.4. The summed E-state index contributed by atoms with van der Waals surface area (Å²) in [7, 11) is 0. The third-order valence-corrected chi connectivity index (χ3v) is 17.9. The van der Waals surface area contributed by atoms with Gasteiger partial charge >= 0.3 is 6.16 Å². The number of amides is 4. The van der Waals surface area contributed by atoms with Crippen molar-refractivity contribution in [2.45, 2.75) is 183 Å². The molecule has 3 aromatic rings. The first-order valence-corrected chi connectivity index (χ1v) is 28.9. The van der Waals surface area contributed by atoms with Crippen molar-refractivity contribution in [3.05, 3.63) is 107 Å². The molecular weight excluding hydrogens is 953 g/mol. The van der Waals surface area contributed by atoms with Crippen LogP contribution in [0.4, 0.5) is 10.5 Å². The van der Waals surface area contributed by atoms with Gasteiger partial charge in [-0.2, -0.15) is 0 Å². The van der Waals surface area contributed by atoms with Gasteiger partial charge in [-0.25, -0.2) is 4.79 Å². The Balaban J connectivity index is 0.821. The van der Waals surface area contributed by atoms with Gasteiger partial charge in [0, 0.05) is 38.1 Å². The molecule has 3 aromatic carbocycles. The number of nitrogens with one attached hydrogen (secondary N) is 4. The van der Waals surface area contributed by atoms with E-state index in [-0.39, 0.29) is 49.2 Å². The molecular formula is C64H90N4O8. The van der Waals surface area contributed by atoms with E-state index in [0.717, 1.165) is 59.5 Å². The predicted molar refractivity (Wildman–Crippen MR) is 300 cm³/mol. The van der Waals surface area contributed by atoms with E-state index in [2.05, 4.69) is 62.0 Å². The molecule has 3 saturated carbocycles. The Morgan fingerprint density at radius 3 is 2.17 bits per heavy atom. The zero-order valence-corrected chi connectivity index (χ0v) is 47.1. The lowest BCUT2D eigenvalue weighted by molar-refractivity contribution is -0.132. The monoisotopic (exact) mass is 1040 g/mol. The minimum atomic E-state index is -0.974. The van der Waals surface area contributed by atoms with Crippen molar-refractivity contribution in [3.63, 3.8) is 0 Å². The van der Waals surface area contributed by atoms with E-state index in [9.17, 15) is 24.0 Å². The van der Waals surface area contributed by atoms with Crippen LogP contribution in [0.5, 0.6) is 5.75 Å². The molecule has 414 valence electrons. The average Bonchev–Trinajstić information content (AvgIpc) is 3.83. The molecule has 0 bridgehead atoms. The lowest BCUT2D eigenvalue weighted by Gasteiger charge is -2.58. The van der Waals surface area contributed by atoms with Crippen LogP contribution in [-0.4, -0.2) is 61.1 Å². The number of hydrogen-bond acceptors (Lipinski definition) is 8. The maximum absolute atomic E-state index is 13.9. The highest BCUT2D eigenvalue weighted by Gasteiger charge is 2.59. The normalized spacial score (nSPS) is 24.9. The molecule has 0 radical (unpaired) electrons. The second-order valence-corrected chi connectivity index (χ2v) is 24.4. The van der Waals surface area contributed by atoms with Gasteiger partial charge < -0.3 is 35.5 Å². The maximum atomic E-state index is 13.9. The fourth-order valence-corrected chi connectivity index (χ4v) is 13.7. The highest BCUT2D eigenvalue weighted by Crippen LogP contribution is 2.67. The molecule has 7 rings (SSSR count). The van der Waals surface area contributed by atoms with Crippen molar-refractivity contribution in [3.8, 4) is 5.75 Å². The van der Waals surface area contributed by atoms with Crippen LogP contribution < -0.4 is 26.0 Å². The summed E-state index contributed by atoms with van der Waals surface area (Å²) in [6.07, 6.45) is 17.4. The van der Waals surface area contributed by atoms with Crippen molar-refractivity contribution >= 4 is 35.5 Å². The van der Waals surface area contributed by atoms with Gasteiger partial charge in [-0.3, -0.25) is 19.2 Å². The molecule has 0 saturated heterocycles. The first kappa shape index (κ1) is 58.2. The molecule has 0 spiro atoms. The van der Waals surface area contributed by atoms with Crippen molar-refractivity contribution in [1.82, 2.24) is 16.0 Å². The second kappa shape index (κ2) is 27.2. The number of fused-ring (bicyclic) bond motifs is 5. The first-order valence-electron chi connectivity index (χ1n) is 28.9. The lowest BCUT2D eigenvalue weighted by Crippen LogP contribution is -2.53. The van der Waals surface area contributed by atoms with Crippen LogP contribution in [0.15, 0.2) is 90.5 Å². The Bertz CT molecular complexity index is 2420. The lowest BCUT2D eigenvalue weighted by atomic mass is 9.47. The fourth-order valence-electron chi connectivity index (χ4n) is 13.7.